The molecule has 0 bridgehead atoms. The zero-order valence-corrected chi connectivity index (χ0v) is 16.2. The maximum absolute atomic E-state index is 12.5. The van der Waals surface area contributed by atoms with E-state index < -0.39 is 5.91 Å². The van der Waals surface area contributed by atoms with E-state index in [0.29, 0.717) is 26.5 Å². The monoisotopic (exact) mass is 387 g/mol. The minimum Gasteiger partial charge on any atom is -0.365 e. The Morgan fingerprint density at radius 3 is 2.35 bits per heavy atom. The third-order valence-electron chi connectivity index (χ3n) is 3.89. The number of hydrogen-bond acceptors (Lipinski definition) is 4. The molecule has 0 saturated carbocycles. The van der Waals surface area contributed by atoms with Gasteiger partial charge in [0.1, 0.15) is 9.71 Å². The average Bonchev–Trinajstić information content (AvgIpc) is 2.93. The van der Waals surface area contributed by atoms with Gasteiger partial charge in [0, 0.05) is 27.1 Å². The van der Waals surface area contributed by atoms with E-state index in [4.69, 9.17) is 17.3 Å². The molecule has 26 heavy (non-hydrogen) atoms. The summed E-state index contributed by atoms with van der Waals surface area (Å²) >= 11 is 7.04. The summed E-state index contributed by atoms with van der Waals surface area (Å²) in [6.45, 7) is 6.19. The van der Waals surface area contributed by atoms with Gasteiger partial charge in [0.25, 0.3) is 11.8 Å². The first-order valence-corrected chi connectivity index (χ1v) is 9.17. The summed E-state index contributed by atoms with van der Waals surface area (Å²) in [4.78, 5) is 30.0. The minimum atomic E-state index is -0.600. The maximum Gasteiger partial charge on any atom is 0.261 e. The third-order valence-corrected chi connectivity index (χ3v) is 5.26. The highest BCUT2D eigenvalue weighted by molar-refractivity contribution is 7.21. The predicted octanol–water partition coefficient (Wildman–Crippen LogP) is 4.60. The second kappa shape index (κ2) is 6.70. The Bertz CT molecular complexity index is 1000. The zero-order valence-electron chi connectivity index (χ0n) is 14.6. The number of halogens is 1. The minimum absolute atomic E-state index is 0.127. The fraction of sp³-hybridized carbons (Fsp3) is 0.211. The van der Waals surface area contributed by atoms with Crippen LogP contribution >= 0.6 is 22.9 Å². The lowest BCUT2D eigenvalue weighted by Crippen LogP contribution is -2.16. The van der Waals surface area contributed by atoms with Crippen molar-refractivity contribution >= 4 is 50.7 Å². The summed E-state index contributed by atoms with van der Waals surface area (Å²) in [5, 5.41) is 4.03. The van der Waals surface area contributed by atoms with Crippen LogP contribution in [0.3, 0.4) is 0 Å². The average molecular weight is 388 g/mol. The van der Waals surface area contributed by atoms with Crippen LogP contribution in [0, 0.1) is 0 Å². The van der Waals surface area contributed by atoms with Gasteiger partial charge >= 0.3 is 0 Å². The summed E-state index contributed by atoms with van der Waals surface area (Å²) in [5.74, 6) is -0.944. The van der Waals surface area contributed by atoms with Crippen LogP contribution in [0.1, 0.15) is 46.5 Å². The van der Waals surface area contributed by atoms with Crippen molar-refractivity contribution in [3.05, 3.63) is 57.6 Å². The van der Waals surface area contributed by atoms with E-state index in [1.807, 2.05) is 12.1 Å². The summed E-state index contributed by atoms with van der Waals surface area (Å²) in [6, 6.07) is 10.3. The number of pyridine rings is 1. The fourth-order valence-corrected chi connectivity index (χ4v) is 3.59. The Hall–Kier alpha value is -2.44. The molecular weight excluding hydrogens is 370 g/mol. The van der Waals surface area contributed by atoms with Gasteiger partial charge in [-0.1, -0.05) is 32.4 Å². The van der Waals surface area contributed by atoms with Crippen LogP contribution in [0.5, 0.6) is 0 Å². The number of thiophene rings is 1. The molecule has 3 rings (SSSR count). The lowest BCUT2D eigenvalue weighted by molar-refractivity contribution is 0.100. The first-order valence-electron chi connectivity index (χ1n) is 7.97. The van der Waals surface area contributed by atoms with E-state index in [2.05, 4.69) is 31.1 Å². The number of carbonyl (C=O) groups is 2. The molecule has 7 heteroatoms. The van der Waals surface area contributed by atoms with Crippen molar-refractivity contribution in [1.29, 1.82) is 0 Å². The second-order valence-electron chi connectivity index (χ2n) is 6.93. The van der Waals surface area contributed by atoms with Gasteiger partial charge in [-0.25, -0.2) is 4.98 Å². The summed E-state index contributed by atoms with van der Waals surface area (Å²) in [6.07, 6.45) is 0. The third kappa shape index (κ3) is 3.57. The van der Waals surface area contributed by atoms with E-state index in [1.54, 1.807) is 24.3 Å². The predicted molar refractivity (Wildman–Crippen MR) is 106 cm³/mol. The van der Waals surface area contributed by atoms with Crippen LogP contribution in [0.4, 0.5) is 5.69 Å². The molecule has 0 atom stereocenters. The van der Waals surface area contributed by atoms with Gasteiger partial charge < -0.3 is 11.1 Å². The Balaban J connectivity index is 2.06. The molecule has 0 radical (unpaired) electrons. The number of hydrogen-bond donors (Lipinski definition) is 2. The Kier molecular flexibility index (Phi) is 4.73. The van der Waals surface area contributed by atoms with Gasteiger partial charge in [0.2, 0.25) is 0 Å². The Morgan fingerprint density at radius 1 is 1.12 bits per heavy atom. The lowest BCUT2D eigenvalue weighted by atomic mass is 9.91. The lowest BCUT2D eigenvalue weighted by Gasteiger charge is -2.17. The first kappa shape index (κ1) is 18.4. The van der Waals surface area contributed by atoms with Gasteiger partial charge in [0.05, 0.1) is 5.69 Å². The topological polar surface area (TPSA) is 85.1 Å². The number of nitrogens with one attached hydrogen (secondary N) is 1. The highest BCUT2D eigenvalue weighted by Crippen LogP contribution is 2.36. The van der Waals surface area contributed by atoms with Crippen LogP contribution in [0.25, 0.3) is 10.2 Å². The molecule has 0 unspecified atom stereocenters. The van der Waals surface area contributed by atoms with Crippen molar-refractivity contribution in [2.45, 2.75) is 26.2 Å². The van der Waals surface area contributed by atoms with E-state index >= 15 is 0 Å². The highest BCUT2D eigenvalue weighted by Gasteiger charge is 2.22. The van der Waals surface area contributed by atoms with Crippen molar-refractivity contribution in [3.63, 3.8) is 0 Å². The highest BCUT2D eigenvalue weighted by atomic mass is 35.5. The number of nitrogens with zero attached hydrogens (tertiary/aromatic N) is 1. The van der Waals surface area contributed by atoms with Crippen LogP contribution < -0.4 is 11.1 Å². The molecule has 2 heterocycles. The maximum atomic E-state index is 12.5. The molecule has 134 valence electrons. The summed E-state index contributed by atoms with van der Waals surface area (Å²) in [7, 11) is 0. The van der Waals surface area contributed by atoms with Crippen molar-refractivity contribution in [2.24, 2.45) is 5.73 Å². The van der Waals surface area contributed by atoms with E-state index in [1.165, 1.54) is 11.3 Å². The molecule has 0 spiro atoms. The molecule has 0 aliphatic carbocycles. The first-order chi connectivity index (χ1) is 12.2. The molecule has 0 aliphatic rings. The van der Waals surface area contributed by atoms with Crippen LogP contribution in [0.15, 0.2) is 36.4 Å². The Labute approximate surface area is 160 Å². The zero-order chi connectivity index (χ0) is 19.1. The van der Waals surface area contributed by atoms with Crippen molar-refractivity contribution in [2.75, 3.05) is 5.32 Å². The van der Waals surface area contributed by atoms with Crippen molar-refractivity contribution in [3.8, 4) is 0 Å². The standard InChI is InChI=1S/C19H18ClN3O2S/c1-19(2,3)13-9-8-12-14(15(16(21)24)26-18(12)22-13)23-17(25)10-4-6-11(20)7-5-10/h4-9H,1-3H3,(H2,21,24)(H,23,25). The number of amides is 2. The normalized spacial score (nSPS) is 11.5. The van der Waals surface area contributed by atoms with Crippen LogP contribution in [-0.4, -0.2) is 16.8 Å². The molecule has 1 aromatic carbocycles. The number of benzene rings is 1. The number of nitrogens with two attached hydrogens (primary N) is 1. The van der Waals surface area contributed by atoms with Crippen LogP contribution in [-0.2, 0) is 5.41 Å². The number of aromatic nitrogens is 1. The molecule has 5 nitrogen and oxygen atoms in total. The van der Waals surface area contributed by atoms with Crippen molar-refractivity contribution < 1.29 is 9.59 Å². The van der Waals surface area contributed by atoms with Gasteiger partial charge in [-0.2, -0.15) is 0 Å². The fourth-order valence-electron chi connectivity index (χ4n) is 2.48. The number of primary amides is 1. The number of fused-ring (bicyclic) bond motifs is 1. The molecule has 0 aliphatic heterocycles. The quantitative estimate of drug-likeness (QED) is 0.688. The molecule has 0 saturated heterocycles. The van der Waals surface area contributed by atoms with Gasteiger partial charge in [-0.15, -0.1) is 11.3 Å². The summed E-state index contributed by atoms with van der Waals surface area (Å²) in [5.41, 5.74) is 7.11. The number of anilines is 1. The molecule has 2 amide bonds. The van der Waals surface area contributed by atoms with Gasteiger partial charge in [0.15, 0.2) is 0 Å². The molecule has 2 aromatic heterocycles. The molecule has 3 N–H and O–H groups in total. The van der Waals surface area contributed by atoms with Crippen LogP contribution in [0.2, 0.25) is 5.02 Å². The van der Waals surface area contributed by atoms with E-state index in [0.717, 1.165) is 5.69 Å². The molecular formula is C19H18ClN3O2S. The number of carbonyl (C=O) groups excluding carboxylic acids is 2. The molecule has 0 fully saturated rings. The van der Waals surface area contributed by atoms with Gasteiger partial charge in [-0.05, 0) is 36.4 Å². The second-order valence-corrected chi connectivity index (χ2v) is 8.37. The van der Waals surface area contributed by atoms with Gasteiger partial charge in [-0.3, -0.25) is 9.59 Å². The summed E-state index contributed by atoms with van der Waals surface area (Å²) < 4.78 is 0. The number of rotatable bonds is 3. The van der Waals surface area contributed by atoms with Crippen molar-refractivity contribution in [1.82, 2.24) is 4.98 Å². The van der Waals surface area contributed by atoms with E-state index in [-0.39, 0.29) is 16.2 Å². The largest absolute Gasteiger partial charge is 0.365 e. The Morgan fingerprint density at radius 2 is 1.77 bits per heavy atom. The smallest absolute Gasteiger partial charge is 0.261 e. The molecule has 3 aromatic rings. The van der Waals surface area contributed by atoms with E-state index in [9.17, 15) is 9.59 Å². The SMILES string of the molecule is CC(C)(C)c1ccc2c(NC(=O)c3ccc(Cl)cc3)c(C(N)=O)sc2n1.